The molecule has 1 aromatic rings. The molecular weight excluding hydrogens is 372 g/mol. The Kier molecular flexibility index (Phi) is 7.77. The number of carboxylic acids is 1. The molecule has 0 aliphatic rings. The van der Waals surface area contributed by atoms with Gasteiger partial charge < -0.3 is 30.3 Å². The number of carbonyl (C=O) groups excluding carboxylic acids is 2. The fourth-order valence-corrected chi connectivity index (χ4v) is 2.26. The Balaban J connectivity index is 3.21. The van der Waals surface area contributed by atoms with Gasteiger partial charge in [0.1, 0.15) is 11.6 Å². The van der Waals surface area contributed by atoms with E-state index >= 15 is 0 Å². The molecule has 0 aliphatic carbocycles. The molecule has 2 atom stereocenters. The lowest BCUT2D eigenvalue weighted by Gasteiger charge is -2.29. The quantitative estimate of drug-likeness (QED) is 0.466. The zero-order chi connectivity index (χ0) is 21.6. The maximum Gasteiger partial charge on any atom is 0.409 e. The third-order valence-electron chi connectivity index (χ3n) is 3.48. The minimum atomic E-state index is -1.71. The number of esters is 1. The van der Waals surface area contributed by atoms with E-state index in [1.807, 2.05) is 0 Å². The molecule has 0 saturated carbocycles. The van der Waals surface area contributed by atoms with Gasteiger partial charge in [0.2, 0.25) is 6.10 Å². The molecule has 1 aromatic carbocycles. The van der Waals surface area contributed by atoms with Crippen molar-refractivity contribution < 1.29 is 34.2 Å². The van der Waals surface area contributed by atoms with Crippen molar-refractivity contribution in [3.63, 3.8) is 0 Å². The normalized spacial score (nSPS) is 13.4. The minimum Gasteiger partial charge on any atom is -0.733 e. The molecule has 0 radical (unpaired) electrons. The van der Waals surface area contributed by atoms with Crippen LogP contribution in [-0.4, -0.2) is 40.0 Å². The highest BCUT2D eigenvalue weighted by molar-refractivity contribution is 5.84. The number of benzene rings is 1. The fraction of sp³-hybridized carbons (Fsp3) is 0.500. The number of aliphatic carboxylic acids is 1. The van der Waals surface area contributed by atoms with Gasteiger partial charge in [-0.1, -0.05) is 32.0 Å². The van der Waals surface area contributed by atoms with Gasteiger partial charge in [0.25, 0.3) is 0 Å². The van der Waals surface area contributed by atoms with Crippen molar-refractivity contribution in [3.05, 3.63) is 35.0 Å². The monoisotopic (exact) mass is 397 g/mol. The highest BCUT2D eigenvalue weighted by atomic mass is 16.8. The Bertz CT molecular complexity index is 712. The predicted octanol–water partition coefficient (Wildman–Crippen LogP) is 2.60. The van der Waals surface area contributed by atoms with Crippen LogP contribution in [-0.2, 0) is 19.1 Å². The first-order valence-electron chi connectivity index (χ1n) is 8.51. The van der Waals surface area contributed by atoms with E-state index in [9.17, 15) is 29.9 Å². The molecule has 0 aliphatic heterocycles. The minimum absolute atomic E-state index is 0.124. The lowest BCUT2D eigenvalue weighted by atomic mass is 10.1. The SMILES string of the molecule is CC(C)[C@@H](NC(=O)OC(C(=O)OC(C)(C)C)c1ccccc1N([O-])O)C(=O)O. The summed E-state index contributed by atoms with van der Waals surface area (Å²) in [6, 6.07) is 4.17. The molecule has 0 saturated heterocycles. The van der Waals surface area contributed by atoms with Gasteiger partial charge in [0.05, 0.1) is 5.69 Å². The molecule has 3 N–H and O–H groups in total. The lowest BCUT2D eigenvalue weighted by Crippen LogP contribution is -2.45. The topological polar surface area (TPSA) is 148 Å². The number of carbonyl (C=O) groups is 3. The summed E-state index contributed by atoms with van der Waals surface area (Å²) in [5.74, 6) is -2.72. The van der Waals surface area contributed by atoms with E-state index in [0.717, 1.165) is 0 Å². The van der Waals surface area contributed by atoms with Crippen molar-refractivity contribution in [1.29, 1.82) is 0 Å². The number of hydrogen-bond acceptors (Lipinski definition) is 8. The third kappa shape index (κ3) is 6.71. The molecule has 1 rings (SSSR count). The van der Waals surface area contributed by atoms with E-state index in [1.165, 1.54) is 24.3 Å². The first-order chi connectivity index (χ1) is 12.8. The Hall–Kier alpha value is -2.85. The summed E-state index contributed by atoms with van der Waals surface area (Å²) in [5.41, 5.74) is -1.38. The van der Waals surface area contributed by atoms with Gasteiger partial charge in [-0.25, -0.2) is 14.4 Å². The van der Waals surface area contributed by atoms with Crippen molar-refractivity contribution in [1.82, 2.24) is 5.32 Å². The van der Waals surface area contributed by atoms with Crippen molar-refractivity contribution in [2.24, 2.45) is 5.92 Å². The van der Waals surface area contributed by atoms with Gasteiger partial charge in [-0.15, -0.1) is 0 Å². The summed E-state index contributed by atoms with van der Waals surface area (Å²) in [5, 5.41) is 31.6. The molecule has 10 nitrogen and oxygen atoms in total. The maximum atomic E-state index is 12.6. The van der Waals surface area contributed by atoms with Gasteiger partial charge in [0.15, 0.2) is 0 Å². The van der Waals surface area contributed by atoms with E-state index in [-0.39, 0.29) is 11.3 Å². The average molecular weight is 397 g/mol. The standard InChI is InChI=1S/C18H25N2O8/c1-10(2)13(15(21)22)19-17(24)27-14(16(23)28-18(3,4)5)11-8-6-7-9-12(11)20(25)26/h6-10,13-14,25H,1-5H3,(H,19,24)(H,21,22)/q-1/t13-,14?/m1/s1. The summed E-state index contributed by atoms with van der Waals surface area (Å²) in [4.78, 5) is 36.1. The number of carboxylic acid groups (broad SMARTS) is 1. The number of amides is 1. The summed E-state index contributed by atoms with van der Waals surface area (Å²) in [7, 11) is 0. The zero-order valence-corrected chi connectivity index (χ0v) is 16.3. The number of ether oxygens (including phenoxy) is 2. The second-order valence-electron chi connectivity index (χ2n) is 7.35. The van der Waals surface area contributed by atoms with E-state index in [0.29, 0.717) is 0 Å². The van der Waals surface area contributed by atoms with Crippen LogP contribution in [0.4, 0.5) is 10.5 Å². The summed E-state index contributed by atoms with van der Waals surface area (Å²) in [6.07, 6.45) is -2.90. The Labute approximate surface area is 162 Å². The van der Waals surface area contributed by atoms with Crippen molar-refractivity contribution in [3.8, 4) is 0 Å². The van der Waals surface area contributed by atoms with E-state index in [1.54, 1.807) is 34.6 Å². The molecule has 28 heavy (non-hydrogen) atoms. The number of hydrogen-bond donors (Lipinski definition) is 3. The van der Waals surface area contributed by atoms with Gasteiger partial charge in [-0.05, 0) is 32.8 Å². The smallest absolute Gasteiger partial charge is 0.409 e. The molecular formula is C18H25N2O8-. The molecule has 0 aromatic heterocycles. The molecule has 0 bridgehead atoms. The van der Waals surface area contributed by atoms with Crippen LogP contribution in [0.3, 0.4) is 0 Å². The first-order valence-corrected chi connectivity index (χ1v) is 8.51. The number of nitrogens with zero attached hydrogens (tertiary/aromatic N) is 1. The van der Waals surface area contributed by atoms with Crippen LogP contribution in [0.2, 0.25) is 0 Å². The van der Waals surface area contributed by atoms with Crippen LogP contribution >= 0.6 is 0 Å². The largest absolute Gasteiger partial charge is 0.733 e. The number of anilines is 1. The van der Waals surface area contributed by atoms with Crippen LogP contribution in [0.25, 0.3) is 0 Å². The van der Waals surface area contributed by atoms with Gasteiger partial charge in [-0.3, -0.25) is 5.21 Å². The highest BCUT2D eigenvalue weighted by Gasteiger charge is 2.33. The van der Waals surface area contributed by atoms with Gasteiger partial charge >= 0.3 is 18.0 Å². The second kappa shape index (κ2) is 9.38. The maximum absolute atomic E-state index is 12.6. The van der Waals surface area contributed by atoms with E-state index in [4.69, 9.17) is 9.47 Å². The Morgan fingerprint density at radius 3 is 2.21 bits per heavy atom. The van der Waals surface area contributed by atoms with Crippen LogP contribution in [0.5, 0.6) is 0 Å². The van der Waals surface area contributed by atoms with Gasteiger partial charge in [-0.2, -0.15) is 0 Å². The number of para-hydroxylation sites is 1. The van der Waals surface area contributed by atoms with Crippen molar-refractivity contribution in [2.75, 3.05) is 5.23 Å². The number of rotatable bonds is 7. The predicted molar refractivity (Wildman–Crippen MR) is 98.5 cm³/mol. The lowest BCUT2D eigenvalue weighted by molar-refractivity contribution is -0.165. The third-order valence-corrected chi connectivity index (χ3v) is 3.48. The van der Waals surface area contributed by atoms with Crippen molar-refractivity contribution >= 4 is 23.7 Å². The number of alkyl carbamates (subject to hydrolysis) is 1. The van der Waals surface area contributed by atoms with Gasteiger partial charge in [0, 0.05) is 5.56 Å². The van der Waals surface area contributed by atoms with Crippen molar-refractivity contribution in [2.45, 2.75) is 52.4 Å². The van der Waals surface area contributed by atoms with E-state index < -0.39 is 46.9 Å². The molecule has 1 amide bonds. The molecule has 10 heteroatoms. The zero-order valence-electron chi connectivity index (χ0n) is 16.3. The molecule has 0 heterocycles. The number of nitrogens with one attached hydrogen (secondary N) is 1. The van der Waals surface area contributed by atoms with Crippen LogP contribution in [0.15, 0.2) is 24.3 Å². The first kappa shape index (κ1) is 23.2. The Morgan fingerprint density at radius 1 is 1.18 bits per heavy atom. The molecule has 0 spiro atoms. The molecule has 1 unspecified atom stereocenters. The average Bonchev–Trinajstić information content (AvgIpc) is 2.55. The summed E-state index contributed by atoms with van der Waals surface area (Å²) < 4.78 is 10.3. The van der Waals surface area contributed by atoms with Crippen LogP contribution in [0.1, 0.15) is 46.3 Å². The molecule has 156 valence electrons. The second-order valence-corrected chi connectivity index (χ2v) is 7.35. The van der Waals surface area contributed by atoms with E-state index in [2.05, 4.69) is 5.32 Å². The summed E-state index contributed by atoms with van der Waals surface area (Å²) >= 11 is 0. The van der Waals surface area contributed by atoms with Crippen LogP contribution < -0.4 is 10.5 Å². The van der Waals surface area contributed by atoms with Crippen LogP contribution in [0, 0.1) is 11.1 Å². The summed E-state index contributed by atoms with van der Waals surface area (Å²) in [6.45, 7) is 7.96. The molecule has 0 fully saturated rings. The Morgan fingerprint density at radius 2 is 1.75 bits per heavy atom. The highest BCUT2D eigenvalue weighted by Crippen LogP contribution is 2.30. The fourth-order valence-electron chi connectivity index (χ4n) is 2.26.